The summed E-state index contributed by atoms with van der Waals surface area (Å²) in [6.07, 6.45) is 46.0. The first kappa shape index (κ1) is 42.6. The lowest BCUT2D eigenvalue weighted by molar-refractivity contribution is -0.143. The van der Waals surface area contributed by atoms with Gasteiger partial charge in [0.2, 0.25) is 0 Å². The summed E-state index contributed by atoms with van der Waals surface area (Å²) < 4.78 is 5.45. The van der Waals surface area contributed by atoms with Gasteiger partial charge < -0.3 is 10.9 Å². The summed E-state index contributed by atoms with van der Waals surface area (Å²) in [6.45, 7) is 5.22. The number of hydrogen-bond donors (Lipinski definition) is 1. The molecule has 248 valence electrons. The third kappa shape index (κ3) is 39.4. The van der Waals surface area contributed by atoms with E-state index in [0.717, 1.165) is 12.8 Å². The highest BCUT2D eigenvalue weighted by Crippen LogP contribution is 2.16. The zero-order chi connectivity index (χ0) is 29.0. The number of rotatable bonds is 35. The van der Waals surface area contributed by atoms with Gasteiger partial charge in [-0.25, -0.2) is 0 Å². The topological polar surface area (TPSA) is 61.3 Å². The minimum absolute atomic E-state index is 0. The first-order valence-electron chi connectivity index (χ1n) is 19.0. The molecule has 0 heterocycles. The minimum atomic E-state index is 0. The molecule has 3 nitrogen and oxygen atoms in total. The number of esters is 1. The predicted octanol–water partition coefficient (Wildman–Crippen LogP) is 14.0. The van der Waals surface area contributed by atoms with Gasteiger partial charge in [-0.3, -0.25) is 4.79 Å². The molecule has 0 saturated heterocycles. The van der Waals surface area contributed by atoms with Gasteiger partial charge >= 0.3 is 5.97 Å². The fourth-order valence-electron chi connectivity index (χ4n) is 5.90. The summed E-state index contributed by atoms with van der Waals surface area (Å²) in [5.41, 5.74) is 0. The second-order valence-electron chi connectivity index (χ2n) is 12.9. The van der Waals surface area contributed by atoms with Crippen molar-refractivity contribution in [1.82, 2.24) is 6.15 Å². The van der Waals surface area contributed by atoms with Crippen LogP contribution in [-0.2, 0) is 9.53 Å². The highest BCUT2D eigenvalue weighted by molar-refractivity contribution is 5.69. The molecule has 0 aliphatic carbocycles. The molecule has 0 aromatic rings. The monoisotopic (exact) mass is 582 g/mol. The zero-order valence-electron chi connectivity index (χ0n) is 28.8. The van der Waals surface area contributed by atoms with Crippen LogP contribution in [0.1, 0.15) is 232 Å². The summed E-state index contributed by atoms with van der Waals surface area (Å²) >= 11 is 0. The molecular formula is C38H79NO2. The molecule has 0 rings (SSSR count). The van der Waals surface area contributed by atoms with Crippen LogP contribution in [0, 0.1) is 0 Å². The summed E-state index contributed by atoms with van der Waals surface area (Å²) in [4.78, 5) is 11.9. The van der Waals surface area contributed by atoms with Crippen molar-refractivity contribution in [3.63, 3.8) is 0 Å². The van der Waals surface area contributed by atoms with Crippen molar-refractivity contribution in [2.75, 3.05) is 6.61 Å². The molecule has 0 aromatic carbocycles. The van der Waals surface area contributed by atoms with E-state index in [0.29, 0.717) is 13.0 Å². The van der Waals surface area contributed by atoms with Gasteiger partial charge in [-0.05, 0) is 12.8 Å². The van der Waals surface area contributed by atoms with E-state index in [4.69, 9.17) is 4.74 Å². The number of ether oxygens (including phenoxy) is 1. The van der Waals surface area contributed by atoms with Crippen molar-refractivity contribution in [2.24, 2.45) is 0 Å². The standard InChI is InChI=1S/C38H76O2.H3N/c1-3-5-7-9-11-13-15-17-19-21-22-24-26-28-30-32-34-36-38(39)40-37-35-33-31-29-27-25-23-20-18-16-14-12-10-8-6-4-2;/h3-37H2,1-2H3;1H3. The zero-order valence-corrected chi connectivity index (χ0v) is 28.8. The van der Waals surface area contributed by atoms with Crippen LogP contribution < -0.4 is 6.15 Å². The molecule has 0 saturated carbocycles. The quantitative estimate of drug-likeness (QED) is 0.0598. The first-order valence-corrected chi connectivity index (χ1v) is 19.0. The Bertz CT molecular complexity index is 427. The predicted molar refractivity (Wildman–Crippen MR) is 184 cm³/mol. The van der Waals surface area contributed by atoms with Gasteiger partial charge in [0.25, 0.3) is 0 Å². The molecule has 0 aliphatic rings. The highest BCUT2D eigenvalue weighted by atomic mass is 16.5. The molecule has 3 heteroatoms. The lowest BCUT2D eigenvalue weighted by atomic mass is 10.0. The molecular weight excluding hydrogens is 502 g/mol. The molecule has 0 atom stereocenters. The molecule has 3 N–H and O–H groups in total. The van der Waals surface area contributed by atoms with Crippen LogP contribution in [0.25, 0.3) is 0 Å². The third-order valence-electron chi connectivity index (χ3n) is 8.75. The molecule has 0 aliphatic heterocycles. The van der Waals surface area contributed by atoms with Crippen molar-refractivity contribution in [3.8, 4) is 0 Å². The average Bonchev–Trinajstić information content (AvgIpc) is 2.96. The van der Waals surface area contributed by atoms with Crippen LogP contribution in [0.2, 0.25) is 0 Å². The van der Waals surface area contributed by atoms with Crippen molar-refractivity contribution in [1.29, 1.82) is 0 Å². The largest absolute Gasteiger partial charge is 0.466 e. The van der Waals surface area contributed by atoms with Crippen molar-refractivity contribution < 1.29 is 9.53 Å². The maximum atomic E-state index is 11.9. The van der Waals surface area contributed by atoms with Crippen molar-refractivity contribution in [2.45, 2.75) is 232 Å². The van der Waals surface area contributed by atoms with Gasteiger partial charge in [-0.2, -0.15) is 0 Å². The van der Waals surface area contributed by atoms with E-state index in [1.807, 2.05) is 0 Å². The maximum absolute atomic E-state index is 11.9. The maximum Gasteiger partial charge on any atom is 0.305 e. The number of hydrogen-bond acceptors (Lipinski definition) is 3. The Hall–Kier alpha value is -0.570. The Balaban J connectivity index is 0. The van der Waals surface area contributed by atoms with E-state index >= 15 is 0 Å². The Labute approximate surface area is 260 Å². The summed E-state index contributed by atoms with van der Waals surface area (Å²) in [7, 11) is 0. The average molecular weight is 582 g/mol. The third-order valence-corrected chi connectivity index (χ3v) is 8.75. The molecule has 0 radical (unpaired) electrons. The molecule has 0 bridgehead atoms. The Morgan fingerprint density at radius 2 is 0.561 bits per heavy atom. The van der Waals surface area contributed by atoms with Crippen LogP contribution in [0.15, 0.2) is 0 Å². The smallest absolute Gasteiger partial charge is 0.305 e. The van der Waals surface area contributed by atoms with Gasteiger partial charge in [0.15, 0.2) is 0 Å². The lowest BCUT2D eigenvalue weighted by Crippen LogP contribution is -2.05. The summed E-state index contributed by atoms with van der Waals surface area (Å²) in [6, 6.07) is 0. The highest BCUT2D eigenvalue weighted by Gasteiger charge is 2.03. The number of carbonyl (C=O) groups is 1. The fourth-order valence-corrected chi connectivity index (χ4v) is 5.90. The van der Waals surface area contributed by atoms with Gasteiger partial charge in [-0.15, -0.1) is 0 Å². The van der Waals surface area contributed by atoms with Gasteiger partial charge in [0.1, 0.15) is 0 Å². The Kier molecular flexibility index (Phi) is 40.9. The SMILES string of the molecule is CCCCCCCCCCCCCCCCCCCC(=O)OCCCCCCCCCCCCCCCCCC.N. The van der Waals surface area contributed by atoms with Crippen molar-refractivity contribution >= 4 is 5.97 Å². The molecule has 41 heavy (non-hydrogen) atoms. The normalized spacial score (nSPS) is 11.1. The minimum Gasteiger partial charge on any atom is -0.466 e. The Morgan fingerprint density at radius 1 is 0.341 bits per heavy atom. The van der Waals surface area contributed by atoms with E-state index in [2.05, 4.69) is 13.8 Å². The van der Waals surface area contributed by atoms with E-state index in [9.17, 15) is 4.79 Å². The van der Waals surface area contributed by atoms with E-state index in [-0.39, 0.29) is 12.1 Å². The van der Waals surface area contributed by atoms with Crippen LogP contribution in [0.3, 0.4) is 0 Å². The molecule has 0 aromatic heterocycles. The molecule has 0 unspecified atom stereocenters. The van der Waals surface area contributed by atoms with Gasteiger partial charge in [0, 0.05) is 6.42 Å². The first-order chi connectivity index (χ1) is 19.8. The number of carbonyl (C=O) groups excluding carboxylic acids is 1. The van der Waals surface area contributed by atoms with Gasteiger partial charge in [-0.1, -0.05) is 213 Å². The molecule has 0 amide bonds. The Morgan fingerprint density at radius 3 is 0.829 bits per heavy atom. The summed E-state index contributed by atoms with van der Waals surface area (Å²) in [5.74, 6) is 0.0296. The second kappa shape index (κ2) is 39.4. The van der Waals surface area contributed by atoms with Crippen LogP contribution in [-0.4, -0.2) is 12.6 Å². The van der Waals surface area contributed by atoms with Crippen LogP contribution in [0.4, 0.5) is 0 Å². The lowest BCUT2D eigenvalue weighted by Gasteiger charge is -2.06. The molecule has 0 spiro atoms. The van der Waals surface area contributed by atoms with Crippen molar-refractivity contribution in [3.05, 3.63) is 0 Å². The van der Waals surface area contributed by atoms with Crippen LogP contribution in [0.5, 0.6) is 0 Å². The molecule has 0 fully saturated rings. The number of unbranched alkanes of at least 4 members (excludes halogenated alkanes) is 31. The van der Waals surface area contributed by atoms with Crippen LogP contribution >= 0.6 is 0 Å². The van der Waals surface area contributed by atoms with E-state index < -0.39 is 0 Å². The second-order valence-corrected chi connectivity index (χ2v) is 12.9. The van der Waals surface area contributed by atoms with Gasteiger partial charge in [0.05, 0.1) is 6.61 Å². The summed E-state index contributed by atoms with van der Waals surface area (Å²) in [5, 5.41) is 0. The van der Waals surface area contributed by atoms with E-state index in [1.165, 1.54) is 199 Å². The van der Waals surface area contributed by atoms with E-state index in [1.54, 1.807) is 0 Å². The fraction of sp³-hybridized carbons (Fsp3) is 0.974.